The molecule has 12 heavy (non-hydrogen) atoms. The van der Waals surface area contributed by atoms with E-state index in [1.54, 1.807) is 5.57 Å². The van der Waals surface area contributed by atoms with Crippen molar-refractivity contribution >= 4 is 0 Å². The van der Waals surface area contributed by atoms with Crippen LogP contribution in [0.1, 0.15) is 33.6 Å². The molecule has 1 fully saturated rings. The third kappa shape index (κ3) is 1.78. The molecule has 0 aromatic rings. The normalized spacial score (nSPS) is 28.4. The molecular formula is C11H19N. The largest absolute Gasteiger partial charge is 0.306 e. The minimum Gasteiger partial charge on any atom is -0.306 e. The Kier molecular flexibility index (Phi) is 3.54. The van der Waals surface area contributed by atoms with E-state index in [2.05, 4.69) is 38.2 Å². The molecule has 1 aliphatic heterocycles. The van der Waals surface area contributed by atoms with Crippen LogP contribution in [-0.4, -0.2) is 12.6 Å². The SMILES string of the molecule is CC=C(CC)C1NCC/C1=C/C. The van der Waals surface area contributed by atoms with Crippen molar-refractivity contribution in [3.63, 3.8) is 0 Å². The van der Waals surface area contributed by atoms with Crippen molar-refractivity contribution in [2.75, 3.05) is 6.54 Å². The maximum absolute atomic E-state index is 3.52. The summed E-state index contributed by atoms with van der Waals surface area (Å²) in [6, 6.07) is 0.546. The number of allylic oxidation sites excluding steroid dienone is 2. The van der Waals surface area contributed by atoms with Crippen LogP contribution in [0.3, 0.4) is 0 Å². The molecule has 1 nitrogen and oxygen atoms in total. The fourth-order valence-electron chi connectivity index (χ4n) is 1.89. The molecule has 0 bridgehead atoms. The van der Waals surface area contributed by atoms with Gasteiger partial charge in [-0.2, -0.15) is 0 Å². The summed E-state index contributed by atoms with van der Waals surface area (Å²) in [7, 11) is 0. The number of nitrogens with one attached hydrogen (secondary N) is 1. The molecule has 1 heterocycles. The maximum atomic E-state index is 3.52. The van der Waals surface area contributed by atoms with Gasteiger partial charge in [0, 0.05) is 6.04 Å². The van der Waals surface area contributed by atoms with Gasteiger partial charge in [0.25, 0.3) is 0 Å². The Labute approximate surface area is 75.6 Å². The van der Waals surface area contributed by atoms with Gasteiger partial charge >= 0.3 is 0 Å². The number of rotatable bonds is 2. The lowest BCUT2D eigenvalue weighted by atomic mass is 9.98. The quantitative estimate of drug-likeness (QED) is 0.620. The molecule has 0 aromatic carbocycles. The van der Waals surface area contributed by atoms with Crippen molar-refractivity contribution < 1.29 is 0 Å². The third-order valence-electron chi connectivity index (χ3n) is 2.65. The highest BCUT2D eigenvalue weighted by molar-refractivity contribution is 5.28. The predicted octanol–water partition coefficient (Wildman–Crippen LogP) is 2.65. The third-order valence-corrected chi connectivity index (χ3v) is 2.65. The van der Waals surface area contributed by atoms with Gasteiger partial charge in [-0.1, -0.05) is 30.2 Å². The standard InChI is InChI=1S/C11H19N/c1-4-9(5-2)11-10(6-3)7-8-12-11/h4,6,11-12H,5,7-8H2,1-3H3/b9-4?,10-6-. The van der Waals surface area contributed by atoms with E-state index < -0.39 is 0 Å². The summed E-state index contributed by atoms with van der Waals surface area (Å²) in [6.07, 6.45) is 6.88. The van der Waals surface area contributed by atoms with Crippen molar-refractivity contribution in [2.45, 2.75) is 39.7 Å². The second kappa shape index (κ2) is 4.46. The Morgan fingerprint density at radius 1 is 1.58 bits per heavy atom. The lowest BCUT2D eigenvalue weighted by Gasteiger charge is -2.15. The van der Waals surface area contributed by atoms with E-state index in [4.69, 9.17) is 0 Å². The first kappa shape index (κ1) is 9.53. The highest BCUT2D eigenvalue weighted by atomic mass is 14.9. The molecule has 1 heteroatoms. The van der Waals surface area contributed by atoms with E-state index in [0.29, 0.717) is 6.04 Å². The lowest BCUT2D eigenvalue weighted by Crippen LogP contribution is -2.24. The fourth-order valence-corrected chi connectivity index (χ4v) is 1.89. The van der Waals surface area contributed by atoms with E-state index in [-0.39, 0.29) is 0 Å². The Hall–Kier alpha value is -0.560. The molecule has 1 saturated heterocycles. The van der Waals surface area contributed by atoms with Crippen molar-refractivity contribution in [1.29, 1.82) is 0 Å². The molecule has 0 aliphatic carbocycles. The van der Waals surface area contributed by atoms with Gasteiger partial charge in [-0.05, 0) is 33.2 Å². The first-order chi connectivity index (χ1) is 5.83. The molecule has 0 spiro atoms. The van der Waals surface area contributed by atoms with E-state index in [0.717, 1.165) is 13.0 Å². The zero-order valence-electron chi connectivity index (χ0n) is 8.35. The molecule has 1 rings (SSSR count). The van der Waals surface area contributed by atoms with Crippen molar-refractivity contribution in [1.82, 2.24) is 5.32 Å². The molecule has 1 atom stereocenters. The minimum atomic E-state index is 0.546. The first-order valence-electron chi connectivity index (χ1n) is 4.87. The van der Waals surface area contributed by atoms with Crippen LogP contribution in [0.15, 0.2) is 23.3 Å². The summed E-state index contributed by atoms with van der Waals surface area (Å²) in [6.45, 7) is 7.63. The lowest BCUT2D eigenvalue weighted by molar-refractivity contribution is 0.717. The summed E-state index contributed by atoms with van der Waals surface area (Å²) < 4.78 is 0. The number of hydrogen-bond donors (Lipinski definition) is 1. The molecule has 1 N–H and O–H groups in total. The van der Waals surface area contributed by atoms with Gasteiger partial charge in [0.15, 0.2) is 0 Å². The maximum Gasteiger partial charge on any atom is 0.0495 e. The monoisotopic (exact) mass is 165 g/mol. The van der Waals surface area contributed by atoms with Crippen LogP contribution < -0.4 is 5.32 Å². The highest BCUT2D eigenvalue weighted by Crippen LogP contribution is 2.22. The molecule has 0 saturated carbocycles. The zero-order chi connectivity index (χ0) is 8.97. The summed E-state index contributed by atoms with van der Waals surface area (Å²) in [5.41, 5.74) is 3.09. The van der Waals surface area contributed by atoms with E-state index >= 15 is 0 Å². The van der Waals surface area contributed by atoms with Gasteiger partial charge in [-0.15, -0.1) is 0 Å². The Balaban J connectivity index is 2.73. The van der Waals surface area contributed by atoms with E-state index in [1.165, 1.54) is 12.0 Å². The average Bonchev–Trinajstić information content (AvgIpc) is 2.55. The van der Waals surface area contributed by atoms with Crippen molar-refractivity contribution in [2.24, 2.45) is 0 Å². The van der Waals surface area contributed by atoms with Crippen LogP contribution in [0, 0.1) is 0 Å². The molecule has 1 unspecified atom stereocenters. The smallest absolute Gasteiger partial charge is 0.0495 e. The Morgan fingerprint density at radius 2 is 2.33 bits per heavy atom. The molecule has 0 amide bonds. The first-order valence-corrected chi connectivity index (χ1v) is 4.87. The fraction of sp³-hybridized carbons (Fsp3) is 0.636. The van der Waals surface area contributed by atoms with Crippen molar-refractivity contribution in [3.8, 4) is 0 Å². The summed E-state index contributed by atoms with van der Waals surface area (Å²) in [4.78, 5) is 0. The summed E-state index contributed by atoms with van der Waals surface area (Å²) in [5.74, 6) is 0. The molecule has 68 valence electrons. The molecule has 0 aromatic heterocycles. The highest BCUT2D eigenvalue weighted by Gasteiger charge is 2.21. The predicted molar refractivity (Wildman–Crippen MR) is 54.2 cm³/mol. The minimum absolute atomic E-state index is 0.546. The van der Waals surface area contributed by atoms with Gasteiger partial charge in [0.1, 0.15) is 0 Å². The van der Waals surface area contributed by atoms with E-state index in [9.17, 15) is 0 Å². The number of hydrogen-bond acceptors (Lipinski definition) is 1. The zero-order valence-corrected chi connectivity index (χ0v) is 8.35. The van der Waals surface area contributed by atoms with Crippen LogP contribution in [0.5, 0.6) is 0 Å². The molecular weight excluding hydrogens is 146 g/mol. The van der Waals surface area contributed by atoms with Gasteiger partial charge in [0.2, 0.25) is 0 Å². The van der Waals surface area contributed by atoms with Crippen LogP contribution in [0.4, 0.5) is 0 Å². The molecule has 0 radical (unpaired) electrons. The van der Waals surface area contributed by atoms with Crippen LogP contribution in [-0.2, 0) is 0 Å². The summed E-state index contributed by atoms with van der Waals surface area (Å²) in [5, 5.41) is 3.52. The van der Waals surface area contributed by atoms with Crippen molar-refractivity contribution in [3.05, 3.63) is 23.3 Å². The Morgan fingerprint density at radius 3 is 2.83 bits per heavy atom. The van der Waals surface area contributed by atoms with Gasteiger partial charge in [0.05, 0.1) is 0 Å². The topological polar surface area (TPSA) is 12.0 Å². The Bertz CT molecular complexity index is 201. The summed E-state index contributed by atoms with van der Waals surface area (Å²) >= 11 is 0. The van der Waals surface area contributed by atoms with Gasteiger partial charge in [-0.3, -0.25) is 0 Å². The average molecular weight is 165 g/mol. The van der Waals surface area contributed by atoms with Gasteiger partial charge in [-0.25, -0.2) is 0 Å². The van der Waals surface area contributed by atoms with Gasteiger partial charge < -0.3 is 5.32 Å². The molecule has 1 aliphatic rings. The van der Waals surface area contributed by atoms with Crippen LogP contribution >= 0.6 is 0 Å². The van der Waals surface area contributed by atoms with Crippen LogP contribution in [0.2, 0.25) is 0 Å². The second-order valence-electron chi connectivity index (χ2n) is 3.22. The van der Waals surface area contributed by atoms with Crippen LogP contribution in [0.25, 0.3) is 0 Å². The van der Waals surface area contributed by atoms with E-state index in [1.807, 2.05) is 0 Å². The second-order valence-corrected chi connectivity index (χ2v) is 3.22.